The van der Waals surface area contributed by atoms with E-state index >= 15 is 0 Å². The molecule has 1 aliphatic heterocycles. The van der Waals surface area contributed by atoms with Crippen LogP contribution in [0.2, 0.25) is 0 Å². The highest BCUT2D eigenvalue weighted by atomic mass is 32.2. The summed E-state index contributed by atoms with van der Waals surface area (Å²) in [5.41, 5.74) is -1.03. The Hall–Kier alpha value is -1.18. The molecule has 1 atom stereocenters. The van der Waals surface area contributed by atoms with Crippen molar-refractivity contribution in [3.8, 4) is 0 Å². The number of hydrogen-bond donors (Lipinski definition) is 2. The van der Waals surface area contributed by atoms with Gasteiger partial charge in [0.15, 0.2) is 0 Å². The van der Waals surface area contributed by atoms with Crippen molar-refractivity contribution in [1.29, 1.82) is 0 Å². The van der Waals surface area contributed by atoms with Crippen LogP contribution in [0, 0.1) is 0 Å². The first kappa shape index (κ1) is 14.2. The lowest BCUT2D eigenvalue weighted by Gasteiger charge is -2.24. The Kier molecular flexibility index (Phi) is 4.07. The topological polar surface area (TPSA) is 82.5 Å². The molecule has 0 aliphatic carbocycles. The van der Waals surface area contributed by atoms with Gasteiger partial charge in [0.1, 0.15) is 5.82 Å². The number of anilines is 1. The number of β-amino-alcohol motifs (C(OH)–C–C–N with tert-alkyl or cyclic N) is 1. The monoisotopic (exact) mass is 285 g/mol. The lowest BCUT2D eigenvalue weighted by atomic mass is 10.0. The third-order valence-electron chi connectivity index (χ3n) is 3.31. The first-order valence-electron chi connectivity index (χ1n) is 6.30. The second-order valence-electron chi connectivity index (χ2n) is 4.81. The van der Waals surface area contributed by atoms with E-state index in [2.05, 4.69) is 9.71 Å². The Morgan fingerprint density at radius 2 is 2.32 bits per heavy atom. The van der Waals surface area contributed by atoms with Crippen LogP contribution >= 0.6 is 0 Å². The summed E-state index contributed by atoms with van der Waals surface area (Å²) in [5.74, 6) is 0.823. The van der Waals surface area contributed by atoms with E-state index in [0.29, 0.717) is 19.5 Å². The van der Waals surface area contributed by atoms with Crippen LogP contribution in [0.15, 0.2) is 24.4 Å². The molecule has 1 aromatic heterocycles. The summed E-state index contributed by atoms with van der Waals surface area (Å²) < 4.78 is 25.2. The molecule has 19 heavy (non-hydrogen) atoms. The van der Waals surface area contributed by atoms with Crippen LogP contribution in [0.3, 0.4) is 0 Å². The highest BCUT2D eigenvalue weighted by Gasteiger charge is 2.37. The first-order chi connectivity index (χ1) is 8.94. The van der Waals surface area contributed by atoms with Crippen LogP contribution in [0.1, 0.15) is 13.3 Å². The molecular formula is C12H19N3O3S. The van der Waals surface area contributed by atoms with Crippen molar-refractivity contribution < 1.29 is 13.5 Å². The molecule has 6 nitrogen and oxygen atoms in total. The van der Waals surface area contributed by atoms with E-state index in [1.165, 1.54) is 0 Å². The molecule has 1 unspecified atom stereocenters. The Balaban J connectivity index is 1.97. The van der Waals surface area contributed by atoms with Crippen LogP contribution in [-0.4, -0.2) is 49.5 Å². The molecule has 2 heterocycles. The fourth-order valence-corrected chi connectivity index (χ4v) is 2.78. The lowest BCUT2D eigenvalue weighted by Crippen LogP contribution is -2.45. The summed E-state index contributed by atoms with van der Waals surface area (Å²) in [5, 5.41) is 10.4. The molecule has 106 valence electrons. The molecular weight excluding hydrogens is 266 g/mol. The minimum Gasteiger partial charge on any atom is -0.387 e. The van der Waals surface area contributed by atoms with Crippen LogP contribution in [-0.2, 0) is 10.0 Å². The molecule has 0 aromatic carbocycles. The molecule has 1 aliphatic rings. The summed E-state index contributed by atoms with van der Waals surface area (Å²) in [6.07, 6.45) is 2.22. The van der Waals surface area contributed by atoms with Gasteiger partial charge in [-0.2, -0.15) is 0 Å². The molecule has 2 N–H and O–H groups in total. The average Bonchev–Trinajstić information content (AvgIpc) is 2.81. The lowest BCUT2D eigenvalue weighted by molar-refractivity contribution is 0.0686. The van der Waals surface area contributed by atoms with Gasteiger partial charge in [0, 0.05) is 25.8 Å². The summed E-state index contributed by atoms with van der Waals surface area (Å²) in [6.45, 7) is 2.67. The van der Waals surface area contributed by atoms with E-state index in [1.807, 2.05) is 23.1 Å². The van der Waals surface area contributed by atoms with E-state index in [0.717, 1.165) is 5.82 Å². The van der Waals surface area contributed by atoms with Gasteiger partial charge in [-0.25, -0.2) is 18.1 Å². The SMILES string of the molecule is CCS(=O)(=O)NCC1(O)CCN(c2ccccn2)C1. The highest BCUT2D eigenvalue weighted by molar-refractivity contribution is 7.89. The molecule has 0 saturated carbocycles. The zero-order valence-corrected chi connectivity index (χ0v) is 11.7. The van der Waals surface area contributed by atoms with E-state index < -0.39 is 15.6 Å². The fraction of sp³-hybridized carbons (Fsp3) is 0.583. The predicted molar refractivity (Wildman–Crippen MR) is 73.5 cm³/mol. The van der Waals surface area contributed by atoms with Crippen LogP contribution in [0.25, 0.3) is 0 Å². The first-order valence-corrected chi connectivity index (χ1v) is 7.95. The molecule has 2 rings (SSSR count). The van der Waals surface area contributed by atoms with E-state index in [1.54, 1.807) is 13.1 Å². The van der Waals surface area contributed by atoms with E-state index in [-0.39, 0.29) is 12.3 Å². The molecule has 1 aromatic rings. The van der Waals surface area contributed by atoms with Crippen LogP contribution in [0.5, 0.6) is 0 Å². The average molecular weight is 285 g/mol. The number of nitrogens with one attached hydrogen (secondary N) is 1. The number of aliphatic hydroxyl groups is 1. The second kappa shape index (κ2) is 5.44. The molecule has 0 bridgehead atoms. The number of rotatable bonds is 5. The standard InChI is InChI=1S/C12H19N3O3S/c1-2-19(17,18)14-9-12(16)6-8-15(10-12)11-5-3-4-7-13-11/h3-5,7,14,16H,2,6,8-10H2,1H3. The van der Waals surface area contributed by atoms with Gasteiger partial charge in [-0.1, -0.05) is 6.07 Å². The van der Waals surface area contributed by atoms with Gasteiger partial charge in [-0.15, -0.1) is 0 Å². The quantitative estimate of drug-likeness (QED) is 0.793. The third-order valence-corrected chi connectivity index (χ3v) is 4.65. The zero-order chi connectivity index (χ0) is 13.9. The number of aromatic nitrogens is 1. The van der Waals surface area contributed by atoms with Crippen molar-refractivity contribution in [2.45, 2.75) is 18.9 Å². The summed E-state index contributed by atoms with van der Waals surface area (Å²) >= 11 is 0. The van der Waals surface area contributed by atoms with Gasteiger partial charge in [0.2, 0.25) is 10.0 Å². The Labute approximate surface area is 113 Å². The molecule has 0 amide bonds. The minimum absolute atomic E-state index is 0.0209. The van der Waals surface area contributed by atoms with Gasteiger partial charge >= 0.3 is 0 Å². The van der Waals surface area contributed by atoms with Gasteiger partial charge in [-0.3, -0.25) is 0 Å². The third kappa shape index (κ3) is 3.65. The van der Waals surface area contributed by atoms with Crippen molar-refractivity contribution in [3.63, 3.8) is 0 Å². The Morgan fingerprint density at radius 3 is 2.95 bits per heavy atom. The van der Waals surface area contributed by atoms with Crippen molar-refractivity contribution >= 4 is 15.8 Å². The number of hydrogen-bond acceptors (Lipinski definition) is 5. The van der Waals surface area contributed by atoms with Crippen molar-refractivity contribution in [3.05, 3.63) is 24.4 Å². The Morgan fingerprint density at radius 1 is 1.53 bits per heavy atom. The maximum absolute atomic E-state index is 11.4. The molecule has 1 fully saturated rings. The van der Waals surface area contributed by atoms with Crippen LogP contribution < -0.4 is 9.62 Å². The van der Waals surface area contributed by atoms with E-state index in [4.69, 9.17) is 0 Å². The number of nitrogens with zero attached hydrogens (tertiary/aromatic N) is 2. The summed E-state index contributed by atoms with van der Waals surface area (Å²) in [7, 11) is -3.27. The smallest absolute Gasteiger partial charge is 0.211 e. The second-order valence-corrected chi connectivity index (χ2v) is 6.90. The van der Waals surface area contributed by atoms with Crippen LogP contribution in [0.4, 0.5) is 5.82 Å². The number of sulfonamides is 1. The van der Waals surface area contributed by atoms with Gasteiger partial charge in [-0.05, 0) is 25.5 Å². The molecule has 0 radical (unpaired) electrons. The summed E-state index contributed by atoms with van der Waals surface area (Å²) in [4.78, 5) is 6.19. The van der Waals surface area contributed by atoms with Gasteiger partial charge in [0.05, 0.1) is 11.4 Å². The molecule has 1 saturated heterocycles. The minimum atomic E-state index is -3.27. The van der Waals surface area contributed by atoms with Crippen molar-refractivity contribution in [2.24, 2.45) is 0 Å². The van der Waals surface area contributed by atoms with Crippen molar-refractivity contribution in [2.75, 3.05) is 30.3 Å². The highest BCUT2D eigenvalue weighted by Crippen LogP contribution is 2.24. The number of pyridine rings is 1. The normalized spacial score (nSPS) is 23.8. The fourth-order valence-electron chi connectivity index (χ4n) is 2.08. The van der Waals surface area contributed by atoms with Gasteiger partial charge < -0.3 is 10.0 Å². The zero-order valence-electron chi connectivity index (χ0n) is 10.9. The summed E-state index contributed by atoms with van der Waals surface area (Å²) in [6, 6.07) is 5.60. The molecule has 0 spiro atoms. The van der Waals surface area contributed by atoms with Gasteiger partial charge in [0.25, 0.3) is 0 Å². The van der Waals surface area contributed by atoms with E-state index in [9.17, 15) is 13.5 Å². The largest absolute Gasteiger partial charge is 0.387 e. The predicted octanol–water partition coefficient (Wildman–Crippen LogP) is -0.0379. The maximum atomic E-state index is 11.4. The Bertz CT molecular complexity index is 520. The maximum Gasteiger partial charge on any atom is 0.211 e. The molecule has 7 heteroatoms. The van der Waals surface area contributed by atoms with Crippen molar-refractivity contribution in [1.82, 2.24) is 9.71 Å².